The first-order valence-electron chi connectivity index (χ1n) is 7.44. The van der Waals surface area contributed by atoms with E-state index in [1.54, 1.807) is 18.2 Å². The molecule has 0 radical (unpaired) electrons. The van der Waals surface area contributed by atoms with Crippen LogP contribution in [0.4, 0.5) is 4.39 Å². The molecule has 0 N–H and O–H groups in total. The molecule has 1 fully saturated rings. The number of hydrogen-bond acceptors (Lipinski definition) is 1. The summed E-state index contributed by atoms with van der Waals surface area (Å²) in [5.41, 5.74) is 0.170. The van der Waals surface area contributed by atoms with Gasteiger partial charge in [-0.15, -0.1) is 0 Å². The fourth-order valence-electron chi connectivity index (χ4n) is 3.30. The highest BCUT2D eigenvalue weighted by Gasteiger charge is 2.36. The van der Waals surface area contributed by atoms with E-state index in [0.29, 0.717) is 12.0 Å². The van der Waals surface area contributed by atoms with Crippen LogP contribution in [0.25, 0.3) is 0 Å². The molecule has 1 aromatic rings. The van der Waals surface area contributed by atoms with Gasteiger partial charge in [-0.2, -0.15) is 5.26 Å². The third kappa shape index (κ3) is 3.33. The maximum Gasteiger partial charge on any atom is 0.145 e. The maximum absolute atomic E-state index is 14.0. The number of nitriles is 1. The molecular formula is C17H21ClFN. The lowest BCUT2D eigenvalue weighted by Gasteiger charge is -2.35. The van der Waals surface area contributed by atoms with Gasteiger partial charge in [0.05, 0.1) is 16.5 Å². The van der Waals surface area contributed by atoms with Crippen LogP contribution in [0.15, 0.2) is 18.2 Å². The summed E-state index contributed by atoms with van der Waals surface area (Å²) in [6.45, 7) is 2.20. The van der Waals surface area contributed by atoms with Crippen molar-refractivity contribution >= 4 is 11.6 Å². The molecule has 2 rings (SSSR count). The molecule has 0 bridgehead atoms. The molecule has 0 atom stereocenters. The zero-order chi connectivity index (χ0) is 14.6. The fourth-order valence-corrected chi connectivity index (χ4v) is 3.50. The number of halogens is 2. The SMILES string of the molecule is CCCC1CCC(C#N)(Cc2cccc(Cl)c2F)CC1. The lowest BCUT2D eigenvalue weighted by molar-refractivity contribution is 0.199. The van der Waals surface area contributed by atoms with Crippen LogP contribution in [-0.2, 0) is 6.42 Å². The van der Waals surface area contributed by atoms with Gasteiger partial charge in [-0.3, -0.25) is 0 Å². The quantitative estimate of drug-likeness (QED) is 0.717. The Kier molecular flexibility index (Phi) is 5.05. The molecule has 0 unspecified atom stereocenters. The molecule has 3 heteroatoms. The Morgan fingerprint density at radius 1 is 1.40 bits per heavy atom. The average molecular weight is 294 g/mol. The summed E-state index contributed by atoms with van der Waals surface area (Å²) in [5, 5.41) is 9.72. The summed E-state index contributed by atoms with van der Waals surface area (Å²) in [7, 11) is 0. The molecule has 1 nitrogen and oxygen atoms in total. The molecule has 1 saturated carbocycles. The van der Waals surface area contributed by atoms with Crippen LogP contribution in [0.5, 0.6) is 0 Å². The first-order chi connectivity index (χ1) is 9.60. The van der Waals surface area contributed by atoms with Crippen molar-refractivity contribution in [3.63, 3.8) is 0 Å². The van der Waals surface area contributed by atoms with Crippen LogP contribution in [0, 0.1) is 28.5 Å². The van der Waals surface area contributed by atoms with Crippen molar-refractivity contribution in [1.82, 2.24) is 0 Å². The van der Waals surface area contributed by atoms with Crippen molar-refractivity contribution in [2.75, 3.05) is 0 Å². The summed E-state index contributed by atoms with van der Waals surface area (Å²) in [5.74, 6) is 0.380. The summed E-state index contributed by atoms with van der Waals surface area (Å²) in [4.78, 5) is 0. The van der Waals surface area contributed by atoms with Crippen LogP contribution in [0.1, 0.15) is 51.0 Å². The van der Waals surface area contributed by atoms with E-state index in [1.165, 1.54) is 12.8 Å². The molecule has 0 aliphatic heterocycles. The molecule has 1 aliphatic carbocycles. The van der Waals surface area contributed by atoms with Crippen molar-refractivity contribution in [1.29, 1.82) is 5.26 Å². The Hall–Kier alpha value is -1.07. The highest BCUT2D eigenvalue weighted by Crippen LogP contribution is 2.43. The predicted molar refractivity (Wildman–Crippen MR) is 80.0 cm³/mol. The molecule has 20 heavy (non-hydrogen) atoms. The van der Waals surface area contributed by atoms with Crippen molar-refractivity contribution < 1.29 is 4.39 Å². The zero-order valence-corrected chi connectivity index (χ0v) is 12.7. The number of rotatable bonds is 4. The molecule has 0 amide bonds. The predicted octanol–water partition coefficient (Wildman–Crippen LogP) is 5.52. The second-order valence-electron chi connectivity index (χ2n) is 6.01. The second kappa shape index (κ2) is 6.59. The Morgan fingerprint density at radius 3 is 2.70 bits per heavy atom. The first-order valence-corrected chi connectivity index (χ1v) is 7.82. The van der Waals surface area contributed by atoms with Crippen LogP contribution in [0.2, 0.25) is 5.02 Å². The molecule has 0 aromatic heterocycles. The molecular weight excluding hydrogens is 273 g/mol. The molecule has 0 heterocycles. The van der Waals surface area contributed by atoms with Gasteiger partial charge in [0.15, 0.2) is 0 Å². The highest BCUT2D eigenvalue weighted by molar-refractivity contribution is 6.30. The number of nitrogens with zero attached hydrogens (tertiary/aromatic N) is 1. The average Bonchev–Trinajstić information content (AvgIpc) is 2.46. The van der Waals surface area contributed by atoms with Gasteiger partial charge in [0.25, 0.3) is 0 Å². The maximum atomic E-state index is 14.0. The van der Waals surface area contributed by atoms with Gasteiger partial charge in [0, 0.05) is 0 Å². The third-order valence-electron chi connectivity index (χ3n) is 4.56. The van der Waals surface area contributed by atoms with Crippen LogP contribution < -0.4 is 0 Å². The summed E-state index contributed by atoms with van der Waals surface area (Å²) in [6.07, 6.45) is 6.85. The van der Waals surface area contributed by atoms with Gasteiger partial charge in [0.2, 0.25) is 0 Å². The summed E-state index contributed by atoms with van der Waals surface area (Å²) < 4.78 is 14.0. The van der Waals surface area contributed by atoms with E-state index >= 15 is 0 Å². The Labute approximate surface area is 125 Å². The summed E-state index contributed by atoms with van der Waals surface area (Å²) >= 11 is 5.83. The zero-order valence-electron chi connectivity index (χ0n) is 12.0. The van der Waals surface area contributed by atoms with Crippen molar-refractivity contribution in [2.45, 2.75) is 51.9 Å². The summed E-state index contributed by atoms with van der Waals surface area (Å²) in [6, 6.07) is 7.53. The molecule has 1 aromatic carbocycles. The minimum absolute atomic E-state index is 0.148. The Balaban J connectivity index is 2.10. The van der Waals surface area contributed by atoms with E-state index in [2.05, 4.69) is 13.0 Å². The van der Waals surface area contributed by atoms with Crippen LogP contribution >= 0.6 is 11.6 Å². The van der Waals surface area contributed by atoms with E-state index < -0.39 is 5.41 Å². The van der Waals surface area contributed by atoms with Crippen molar-refractivity contribution in [3.05, 3.63) is 34.6 Å². The fraction of sp³-hybridized carbons (Fsp3) is 0.588. The van der Waals surface area contributed by atoms with E-state index in [1.807, 2.05) is 0 Å². The van der Waals surface area contributed by atoms with Crippen LogP contribution in [0.3, 0.4) is 0 Å². The van der Waals surface area contributed by atoms with Crippen molar-refractivity contribution in [3.8, 4) is 6.07 Å². The van der Waals surface area contributed by atoms with E-state index in [0.717, 1.165) is 31.6 Å². The molecule has 0 spiro atoms. The monoisotopic (exact) mass is 293 g/mol. The highest BCUT2D eigenvalue weighted by atomic mass is 35.5. The van der Waals surface area contributed by atoms with Gasteiger partial charge in [-0.1, -0.05) is 43.5 Å². The molecule has 0 saturated heterocycles. The van der Waals surface area contributed by atoms with Gasteiger partial charge in [0.1, 0.15) is 5.82 Å². The normalized spacial score (nSPS) is 26.2. The lowest BCUT2D eigenvalue weighted by atomic mass is 9.67. The Bertz CT molecular complexity index is 498. The topological polar surface area (TPSA) is 23.8 Å². The van der Waals surface area contributed by atoms with Crippen molar-refractivity contribution in [2.24, 2.45) is 11.3 Å². The number of hydrogen-bond donors (Lipinski definition) is 0. The van der Waals surface area contributed by atoms with E-state index in [4.69, 9.17) is 11.6 Å². The van der Waals surface area contributed by atoms with E-state index in [9.17, 15) is 9.65 Å². The minimum Gasteiger partial charge on any atom is -0.205 e. The first kappa shape index (κ1) is 15.3. The largest absolute Gasteiger partial charge is 0.205 e. The standard InChI is InChI=1S/C17H21ClFN/c1-2-4-13-7-9-17(12-20,10-8-13)11-14-5-3-6-15(18)16(14)19/h3,5-6,13H,2,4,7-11H2,1H3. The van der Waals surface area contributed by atoms with Crippen LogP contribution in [-0.4, -0.2) is 0 Å². The smallest absolute Gasteiger partial charge is 0.145 e. The molecule has 1 aliphatic rings. The second-order valence-corrected chi connectivity index (χ2v) is 6.42. The molecule has 108 valence electrons. The number of benzene rings is 1. The van der Waals surface area contributed by atoms with Gasteiger partial charge < -0.3 is 0 Å². The van der Waals surface area contributed by atoms with Gasteiger partial charge in [-0.25, -0.2) is 4.39 Å². The van der Waals surface area contributed by atoms with Gasteiger partial charge in [-0.05, 0) is 49.7 Å². The minimum atomic E-state index is -0.407. The van der Waals surface area contributed by atoms with Gasteiger partial charge >= 0.3 is 0 Å². The third-order valence-corrected chi connectivity index (χ3v) is 4.85. The lowest BCUT2D eigenvalue weighted by Crippen LogP contribution is -2.28. The van der Waals surface area contributed by atoms with E-state index in [-0.39, 0.29) is 10.8 Å². The Morgan fingerprint density at radius 2 is 2.10 bits per heavy atom.